The van der Waals surface area contributed by atoms with Gasteiger partial charge in [0.2, 0.25) is 5.91 Å². The Balaban J connectivity index is 1.79. The van der Waals surface area contributed by atoms with Crippen molar-refractivity contribution in [2.75, 3.05) is 31.1 Å². The van der Waals surface area contributed by atoms with Crippen LogP contribution in [0.3, 0.4) is 0 Å². The number of anilines is 1. The van der Waals surface area contributed by atoms with E-state index in [-0.39, 0.29) is 36.5 Å². The third-order valence-electron chi connectivity index (χ3n) is 5.58. The van der Waals surface area contributed by atoms with Gasteiger partial charge in [-0.2, -0.15) is 0 Å². The highest BCUT2D eigenvalue weighted by Gasteiger charge is 2.31. The van der Waals surface area contributed by atoms with Gasteiger partial charge >= 0.3 is 11.9 Å². The largest absolute Gasteiger partial charge is 0.462 e. The summed E-state index contributed by atoms with van der Waals surface area (Å²) in [5.41, 5.74) is 0.250. The van der Waals surface area contributed by atoms with Crippen LogP contribution in [0.1, 0.15) is 69.4 Å². The maximum Gasteiger partial charge on any atom is 0.340 e. The smallest absolute Gasteiger partial charge is 0.340 e. The van der Waals surface area contributed by atoms with Gasteiger partial charge in [-0.1, -0.05) is 11.6 Å². The lowest BCUT2D eigenvalue weighted by Gasteiger charge is -2.34. The molecule has 2 aliphatic heterocycles. The van der Waals surface area contributed by atoms with Crippen LogP contribution in [0.15, 0.2) is 6.07 Å². The number of likely N-dealkylation sites (tertiary alicyclic amines) is 1. The first-order chi connectivity index (χ1) is 15.1. The third-order valence-corrected chi connectivity index (χ3v) is 5.86. The summed E-state index contributed by atoms with van der Waals surface area (Å²) in [7, 11) is 0. The van der Waals surface area contributed by atoms with Crippen molar-refractivity contribution in [1.29, 1.82) is 0 Å². The van der Waals surface area contributed by atoms with E-state index in [2.05, 4.69) is 0 Å². The lowest BCUT2D eigenvalue weighted by molar-refractivity contribution is -0.160. The first-order valence-corrected chi connectivity index (χ1v) is 11.6. The van der Waals surface area contributed by atoms with Crippen molar-refractivity contribution in [1.82, 2.24) is 9.88 Å². The standard InChI is InChI=1S/C23H32ClN3O5/c1-5-31-22(30)16-13-17(24)20(25-18(16)14-27-10-6-7-19(27)28)26-11-8-15(9-12-26)21(29)32-23(2,3)4/h13,15H,5-12,14H2,1-4H3. The number of hydrogen-bond acceptors (Lipinski definition) is 7. The summed E-state index contributed by atoms with van der Waals surface area (Å²) < 4.78 is 10.7. The summed E-state index contributed by atoms with van der Waals surface area (Å²) in [6.45, 7) is 9.63. The molecule has 8 nitrogen and oxygen atoms in total. The Morgan fingerprint density at radius 1 is 1.22 bits per heavy atom. The molecule has 0 N–H and O–H groups in total. The zero-order valence-corrected chi connectivity index (χ0v) is 20.0. The molecule has 1 aromatic heterocycles. The van der Waals surface area contributed by atoms with Crippen LogP contribution in [0.2, 0.25) is 5.02 Å². The zero-order valence-electron chi connectivity index (χ0n) is 19.3. The van der Waals surface area contributed by atoms with Crippen LogP contribution in [0.25, 0.3) is 0 Å². The van der Waals surface area contributed by atoms with Crippen LogP contribution in [-0.2, 0) is 25.6 Å². The SMILES string of the molecule is CCOC(=O)c1cc(Cl)c(N2CCC(C(=O)OC(C)(C)C)CC2)nc1CN1CCCC1=O. The minimum Gasteiger partial charge on any atom is -0.462 e. The van der Waals surface area contributed by atoms with Gasteiger partial charge in [0.05, 0.1) is 35.3 Å². The average Bonchev–Trinajstić information content (AvgIpc) is 3.12. The summed E-state index contributed by atoms with van der Waals surface area (Å²) in [6.07, 6.45) is 2.57. The molecular weight excluding hydrogens is 434 g/mol. The molecule has 0 unspecified atom stereocenters. The maximum absolute atomic E-state index is 12.5. The number of pyridine rings is 1. The number of halogens is 1. The van der Waals surface area contributed by atoms with Gasteiger partial charge in [-0.05, 0) is 53.0 Å². The second kappa shape index (κ2) is 10.1. The molecule has 3 rings (SSSR count). The molecule has 32 heavy (non-hydrogen) atoms. The molecule has 0 spiro atoms. The second-order valence-electron chi connectivity index (χ2n) is 9.22. The molecule has 2 fully saturated rings. The van der Waals surface area contributed by atoms with Crippen LogP contribution >= 0.6 is 11.6 Å². The number of amides is 1. The molecule has 9 heteroatoms. The minimum atomic E-state index is -0.510. The number of carbonyl (C=O) groups is 3. The van der Waals surface area contributed by atoms with Crippen LogP contribution in [-0.4, -0.2) is 59.6 Å². The molecule has 0 bridgehead atoms. The van der Waals surface area contributed by atoms with E-state index in [1.54, 1.807) is 17.9 Å². The van der Waals surface area contributed by atoms with E-state index in [1.807, 2.05) is 25.7 Å². The normalized spacial score (nSPS) is 17.6. The molecule has 0 aliphatic carbocycles. The Morgan fingerprint density at radius 2 is 1.91 bits per heavy atom. The summed E-state index contributed by atoms with van der Waals surface area (Å²) in [6, 6.07) is 1.58. The first-order valence-electron chi connectivity index (χ1n) is 11.2. The predicted molar refractivity (Wildman–Crippen MR) is 121 cm³/mol. The minimum absolute atomic E-state index is 0.0521. The van der Waals surface area contributed by atoms with Crippen molar-refractivity contribution >= 4 is 35.3 Å². The van der Waals surface area contributed by atoms with Crippen LogP contribution in [0, 0.1) is 5.92 Å². The highest BCUT2D eigenvalue weighted by molar-refractivity contribution is 6.33. The number of aromatic nitrogens is 1. The van der Waals surface area contributed by atoms with Crippen molar-refractivity contribution in [3.8, 4) is 0 Å². The van der Waals surface area contributed by atoms with E-state index in [0.29, 0.717) is 55.4 Å². The quantitative estimate of drug-likeness (QED) is 0.593. The van der Waals surface area contributed by atoms with E-state index in [9.17, 15) is 14.4 Å². The Bertz CT molecular complexity index is 875. The van der Waals surface area contributed by atoms with E-state index in [0.717, 1.165) is 6.42 Å². The second-order valence-corrected chi connectivity index (χ2v) is 9.63. The lowest BCUT2D eigenvalue weighted by Crippen LogP contribution is -2.39. The predicted octanol–water partition coefficient (Wildman–Crippen LogP) is 3.59. The van der Waals surface area contributed by atoms with E-state index >= 15 is 0 Å². The first kappa shape index (κ1) is 24.3. The summed E-state index contributed by atoms with van der Waals surface area (Å²) in [5.74, 6) is -0.231. The summed E-state index contributed by atoms with van der Waals surface area (Å²) in [4.78, 5) is 45.5. The molecule has 0 radical (unpaired) electrons. The number of esters is 2. The van der Waals surface area contributed by atoms with Crippen molar-refractivity contribution in [2.45, 2.75) is 65.5 Å². The fourth-order valence-corrected chi connectivity index (χ4v) is 4.28. The van der Waals surface area contributed by atoms with Gasteiger partial charge in [-0.15, -0.1) is 0 Å². The Morgan fingerprint density at radius 3 is 2.47 bits per heavy atom. The fraction of sp³-hybridized carbons (Fsp3) is 0.652. The molecule has 1 aromatic rings. The molecule has 0 saturated carbocycles. The van der Waals surface area contributed by atoms with Gasteiger partial charge in [-0.25, -0.2) is 9.78 Å². The number of rotatable bonds is 6. The Kier molecular flexibility index (Phi) is 7.64. The van der Waals surface area contributed by atoms with Crippen LogP contribution in [0.4, 0.5) is 5.82 Å². The highest BCUT2D eigenvalue weighted by Crippen LogP contribution is 2.32. The van der Waals surface area contributed by atoms with Crippen molar-refractivity contribution in [2.24, 2.45) is 5.92 Å². The number of ether oxygens (including phenoxy) is 2. The molecule has 1 amide bonds. The number of carbonyl (C=O) groups excluding carboxylic acids is 3. The topological polar surface area (TPSA) is 89.0 Å². The van der Waals surface area contributed by atoms with Crippen LogP contribution < -0.4 is 4.90 Å². The summed E-state index contributed by atoms with van der Waals surface area (Å²) >= 11 is 6.53. The van der Waals surface area contributed by atoms with Gasteiger partial charge in [0.1, 0.15) is 11.4 Å². The van der Waals surface area contributed by atoms with Gasteiger partial charge in [0.25, 0.3) is 0 Å². The highest BCUT2D eigenvalue weighted by atomic mass is 35.5. The van der Waals surface area contributed by atoms with Crippen molar-refractivity contribution < 1.29 is 23.9 Å². The monoisotopic (exact) mass is 465 g/mol. The Labute approximate surface area is 194 Å². The maximum atomic E-state index is 12.5. The zero-order chi connectivity index (χ0) is 23.5. The number of nitrogens with zero attached hydrogens (tertiary/aromatic N) is 3. The van der Waals surface area contributed by atoms with Crippen molar-refractivity contribution in [3.05, 3.63) is 22.3 Å². The van der Waals surface area contributed by atoms with E-state index < -0.39 is 11.6 Å². The molecule has 3 heterocycles. The number of piperidine rings is 1. The van der Waals surface area contributed by atoms with Crippen molar-refractivity contribution in [3.63, 3.8) is 0 Å². The Hall–Kier alpha value is -2.35. The fourth-order valence-electron chi connectivity index (χ4n) is 4.01. The molecular formula is C23H32ClN3O5. The average molecular weight is 466 g/mol. The molecule has 2 saturated heterocycles. The third kappa shape index (κ3) is 5.91. The number of hydrogen-bond donors (Lipinski definition) is 0. The molecule has 176 valence electrons. The van der Waals surface area contributed by atoms with E-state index in [1.165, 1.54) is 0 Å². The lowest BCUT2D eigenvalue weighted by atomic mass is 9.96. The van der Waals surface area contributed by atoms with Gasteiger partial charge in [0.15, 0.2) is 0 Å². The van der Waals surface area contributed by atoms with Gasteiger partial charge in [0, 0.05) is 26.1 Å². The molecule has 0 aromatic carbocycles. The van der Waals surface area contributed by atoms with Gasteiger partial charge in [-0.3, -0.25) is 9.59 Å². The molecule has 2 aliphatic rings. The van der Waals surface area contributed by atoms with Gasteiger partial charge < -0.3 is 19.3 Å². The van der Waals surface area contributed by atoms with E-state index in [4.69, 9.17) is 26.1 Å². The van der Waals surface area contributed by atoms with Crippen LogP contribution in [0.5, 0.6) is 0 Å². The molecule has 0 atom stereocenters. The summed E-state index contributed by atoms with van der Waals surface area (Å²) in [5, 5.41) is 0.347.